The van der Waals surface area contributed by atoms with E-state index in [0.717, 1.165) is 25.7 Å². The average molecular weight is 338 g/mol. The first-order valence-electron chi connectivity index (χ1n) is 8.66. The molecule has 1 aliphatic rings. The van der Waals surface area contributed by atoms with Crippen molar-refractivity contribution < 1.29 is 9.59 Å². The maximum absolute atomic E-state index is 12.6. The van der Waals surface area contributed by atoms with Crippen molar-refractivity contribution in [3.05, 3.63) is 60.2 Å². The van der Waals surface area contributed by atoms with E-state index < -0.39 is 5.66 Å². The molecule has 0 saturated heterocycles. The fourth-order valence-corrected chi connectivity index (χ4v) is 3.17. The van der Waals surface area contributed by atoms with Gasteiger partial charge in [-0.3, -0.25) is 19.6 Å². The Balaban J connectivity index is 1.80. The van der Waals surface area contributed by atoms with E-state index in [1.165, 1.54) is 0 Å². The highest BCUT2D eigenvalue weighted by Gasteiger charge is 2.35. The first kappa shape index (κ1) is 17.1. The highest BCUT2D eigenvalue weighted by atomic mass is 16.2. The molecule has 0 atom stereocenters. The molecule has 2 heterocycles. The predicted molar refractivity (Wildman–Crippen MR) is 93.8 cm³/mol. The molecule has 0 spiro atoms. The lowest BCUT2D eigenvalue weighted by molar-refractivity contribution is 0.0774. The minimum Gasteiger partial charge on any atom is -0.328 e. The molecule has 0 bridgehead atoms. The van der Waals surface area contributed by atoms with Gasteiger partial charge in [-0.2, -0.15) is 0 Å². The molecule has 1 fully saturated rings. The number of amides is 2. The molecule has 0 radical (unpaired) electrons. The molecular weight excluding hydrogens is 316 g/mol. The second-order valence-corrected chi connectivity index (χ2v) is 6.33. The zero-order chi connectivity index (χ0) is 17.5. The number of nitrogens with one attached hydrogen (secondary N) is 2. The summed E-state index contributed by atoms with van der Waals surface area (Å²) in [5.41, 5.74) is -0.0731. The first-order valence-corrected chi connectivity index (χ1v) is 8.66. The van der Waals surface area contributed by atoms with Gasteiger partial charge in [0.2, 0.25) is 0 Å². The van der Waals surface area contributed by atoms with Gasteiger partial charge in [0.15, 0.2) is 0 Å². The van der Waals surface area contributed by atoms with Crippen LogP contribution in [0, 0.1) is 0 Å². The molecule has 2 aromatic rings. The molecule has 3 rings (SSSR count). The summed E-state index contributed by atoms with van der Waals surface area (Å²) in [7, 11) is 0. The van der Waals surface area contributed by atoms with Gasteiger partial charge in [0.05, 0.1) is 0 Å². The number of aromatic nitrogens is 2. The summed E-state index contributed by atoms with van der Waals surface area (Å²) >= 11 is 0. The lowest BCUT2D eigenvalue weighted by atomic mass is 9.99. The van der Waals surface area contributed by atoms with Gasteiger partial charge in [0.25, 0.3) is 11.8 Å². The van der Waals surface area contributed by atoms with Crippen LogP contribution in [-0.4, -0.2) is 27.4 Å². The monoisotopic (exact) mass is 338 g/mol. The van der Waals surface area contributed by atoms with Crippen LogP contribution in [0.15, 0.2) is 48.8 Å². The van der Waals surface area contributed by atoms with Gasteiger partial charge in [-0.05, 0) is 49.9 Å². The molecule has 1 aliphatic carbocycles. The summed E-state index contributed by atoms with van der Waals surface area (Å²) in [6.45, 7) is 0. The molecule has 0 unspecified atom stereocenters. The topological polar surface area (TPSA) is 84.0 Å². The van der Waals surface area contributed by atoms with E-state index in [1.807, 2.05) is 0 Å². The third-order valence-electron chi connectivity index (χ3n) is 4.46. The number of hydrogen-bond donors (Lipinski definition) is 2. The molecule has 6 heteroatoms. The van der Waals surface area contributed by atoms with E-state index in [0.29, 0.717) is 24.2 Å². The van der Waals surface area contributed by atoms with E-state index in [-0.39, 0.29) is 11.8 Å². The SMILES string of the molecule is O=C(NC1(NC(=O)c2ccccn2)CCCCCC1)c1ccccn1. The number of hydrogen-bond acceptors (Lipinski definition) is 4. The van der Waals surface area contributed by atoms with Crippen LogP contribution >= 0.6 is 0 Å². The van der Waals surface area contributed by atoms with Crippen LogP contribution in [0.25, 0.3) is 0 Å². The summed E-state index contributed by atoms with van der Waals surface area (Å²) in [6, 6.07) is 10.4. The van der Waals surface area contributed by atoms with E-state index in [1.54, 1.807) is 48.8 Å². The van der Waals surface area contributed by atoms with Crippen LogP contribution in [0.5, 0.6) is 0 Å². The number of carbonyl (C=O) groups excluding carboxylic acids is 2. The summed E-state index contributed by atoms with van der Waals surface area (Å²) < 4.78 is 0. The molecule has 130 valence electrons. The minimum atomic E-state index is -0.764. The fraction of sp³-hybridized carbons (Fsp3) is 0.368. The smallest absolute Gasteiger partial charge is 0.271 e. The van der Waals surface area contributed by atoms with Crippen molar-refractivity contribution in [3.8, 4) is 0 Å². The third-order valence-corrected chi connectivity index (χ3v) is 4.46. The van der Waals surface area contributed by atoms with Crippen LogP contribution in [0.3, 0.4) is 0 Å². The maximum Gasteiger partial charge on any atom is 0.271 e. The number of carbonyl (C=O) groups is 2. The van der Waals surface area contributed by atoms with Gasteiger partial charge in [-0.15, -0.1) is 0 Å². The van der Waals surface area contributed by atoms with Crippen molar-refractivity contribution >= 4 is 11.8 Å². The van der Waals surface area contributed by atoms with Gasteiger partial charge in [-0.25, -0.2) is 0 Å². The summed E-state index contributed by atoms with van der Waals surface area (Å²) in [5.74, 6) is -0.548. The highest BCUT2D eigenvalue weighted by Crippen LogP contribution is 2.25. The number of pyridine rings is 2. The zero-order valence-corrected chi connectivity index (χ0v) is 14.1. The van der Waals surface area contributed by atoms with Gasteiger partial charge >= 0.3 is 0 Å². The number of rotatable bonds is 4. The quantitative estimate of drug-likeness (QED) is 0.663. The van der Waals surface area contributed by atoms with Crippen LogP contribution in [0.4, 0.5) is 0 Å². The Kier molecular flexibility index (Phi) is 5.38. The lowest BCUT2D eigenvalue weighted by Crippen LogP contribution is -2.60. The summed E-state index contributed by atoms with van der Waals surface area (Å²) in [5, 5.41) is 6.06. The molecule has 2 aromatic heterocycles. The Bertz CT molecular complexity index is 655. The van der Waals surface area contributed by atoms with Crippen molar-refractivity contribution in [3.63, 3.8) is 0 Å². The van der Waals surface area contributed by atoms with Crippen molar-refractivity contribution in [2.45, 2.75) is 44.2 Å². The average Bonchev–Trinajstić information content (AvgIpc) is 2.88. The molecule has 2 N–H and O–H groups in total. The van der Waals surface area contributed by atoms with E-state index >= 15 is 0 Å². The van der Waals surface area contributed by atoms with Crippen LogP contribution in [0.2, 0.25) is 0 Å². The first-order chi connectivity index (χ1) is 12.2. The fourth-order valence-electron chi connectivity index (χ4n) is 3.17. The molecule has 0 aromatic carbocycles. The van der Waals surface area contributed by atoms with Gasteiger partial charge in [0.1, 0.15) is 17.1 Å². The van der Waals surface area contributed by atoms with Gasteiger partial charge in [0, 0.05) is 12.4 Å². The Morgan fingerprint density at radius 1 is 0.760 bits per heavy atom. The van der Waals surface area contributed by atoms with Crippen molar-refractivity contribution in [2.24, 2.45) is 0 Å². The summed E-state index contributed by atoms with van der Waals surface area (Å²) in [6.07, 6.45) is 8.66. The van der Waals surface area contributed by atoms with Crippen molar-refractivity contribution in [1.29, 1.82) is 0 Å². The molecule has 2 amide bonds. The number of nitrogens with zero attached hydrogens (tertiary/aromatic N) is 2. The van der Waals surface area contributed by atoms with Crippen LogP contribution < -0.4 is 10.6 Å². The van der Waals surface area contributed by atoms with Crippen molar-refractivity contribution in [2.75, 3.05) is 0 Å². The van der Waals surface area contributed by atoms with Gasteiger partial charge < -0.3 is 10.6 Å². The van der Waals surface area contributed by atoms with E-state index in [4.69, 9.17) is 0 Å². The third kappa shape index (κ3) is 4.41. The molecule has 6 nitrogen and oxygen atoms in total. The Morgan fingerprint density at radius 3 is 1.64 bits per heavy atom. The zero-order valence-electron chi connectivity index (χ0n) is 14.1. The van der Waals surface area contributed by atoms with Crippen molar-refractivity contribution in [1.82, 2.24) is 20.6 Å². The Morgan fingerprint density at radius 2 is 1.24 bits per heavy atom. The predicted octanol–water partition coefficient (Wildman–Crippen LogP) is 2.69. The van der Waals surface area contributed by atoms with Crippen LogP contribution in [-0.2, 0) is 0 Å². The second-order valence-electron chi connectivity index (χ2n) is 6.33. The standard InChI is InChI=1S/C19H22N4O2/c24-17(15-9-3-7-13-20-15)22-19(11-5-1-2-6-12-19)23-18(25)16-10-4-8-14-21-16/h3-4,7-10,13-14H,1-2,5-6,11-12H2,(H,22,24)(H,23,25). The van der Waals surface area contributed by atoms with Crippen LogP contribution in [0.1, 0.15) is 59.5 Å². The van der Waals surface area contributed by atoms with E-state index in [2.05, 4.69) is 20.6 Å². The highest BCUT2D eigenvalue weighted by molar-refractivity contribution is 5.95. The Hall–Kier alpha value is -2.76. The molecule has 0 aliphatic heterocycles. The molecule has 1 saturated carbocycles. The molecular formula is C19H22N4O2. The lowest BCUT2D eigenvalue weighted by Gasteiger charge is -2.34. The normalized spacial score (nSPS) is 16.5. The van der Waals surface area contributed by atoms with E-state index in [9.17, 15) is 9.59 Å². The molecule has 25 heavy (non-hydrogen) atoms. The van der Waals surface area contributed by atoms with Gasteiger partial charge in [-0.1, -0.05) is 25.0 Å². The summed E-state index contributed by atoms with van der Waals surface area (Å²) in [4.78, 5) is 33.4. The minimum absolute atomic E-state index is 0.274. The second kappa shape index (κ2) is 7.88. The Labute approximate surface area is 147 Å². The largest absolute Gasteiger partial charge is 0.328 e. The maximum atomic E-state index is 12.6.